The third-order valence-electron chi connectivity index (χ3n) is 4.80. The van der Waals surface area contributed by atoms with Crippen LogP contribution in [0, 0.1) is 22.8 Å². The van der Waals surface area contributed by atoms with Gasteiger partial charge in [0.05, 0.1) is 12.2 Å². The predicted octanol–water partition coefficient (Wildman–Crippen LogP) is 1.68. The molecule has 1 fully saturated rings. The first-order valence-corrected chi connectivity index (χ1v) is 10.8. The van der Waals surface area contributed by atoms with Crippen molar-refractivity contribution < 1.29 is 41.9 Å². The highest BCUT2D eigenvalue weighted by atomic mass is 32.1. The first-order valence-electron chi connectivity index (χ1n) is 8.97. The van der Waals surface area contributed by atoms with Gasteiger partial charge in [-0.05, 0) is 18.2 Å². The van der Waals surface area contributed by atoms with Gasteiger partial charge in [-0.25, -0.2) is 18.1 Å². The summed E-state index contributed by atoms with van der Waals surface area (Å²) in [5, 5.41) is 20.5. The lowest BCUT2D eigenvalue weighted by Gasteiger charge is -2.28. The lowest BCUT2D eigenvalue weighted by molar-refractivity contribution is -0.205. The topological polar surface area (TPSA) is 132 Å². The van der Waals surface area contributed by atoms with Crippen LogP contribution in [0.1, 0.15) is 17.4 Å². The molecule has 4 rings (SSSR count). The SMILES string of the molecule is C#Cc1cn([C@@H]2O[C@](F)(COP3(=O)OCc4cc(F)ccc4O3)[C@@H](O)[C@H]2O)c(=O)[nH]c1=S. The van der Waals surface area contributed by atoms with Crippen molar-refractivity contribution in [1.29, 1.82) is 0 Å². The number of rotatable bonds is 4. The number of aliphatic hydroxyl groups excluding tert-OH is 2. The van der Waals surface area contributed by atoms with Gasteiger partial charge < -0.3 is 19.5 Å². The van der Waals surface area contributed by atoms with Gasteiger partial charge in [0.2, 0.25) is 0 Å². The molecule has 170 valence electrons. The number of nitrogens with zero attached hydrogens (tertiary/aromatic N) is 1. The highest BCUT2D eigenvalue weighted by Crippen LogP contribution is 2.55. The number of alkyl halides is 1. The van der Waals surface area contributed by atoms with Crippen LogP contribution in [0.15, 0.2) is 29.2 Å². The Morgan fingerprint density at radius 2 is 2.22 bits per heavy atom. The number of phosphoric acid groups is 1. The predicted molar refractivity (Wildman–Crippen MR) is 105 cm³/mol. The van der Waals surface area contributed by atoms with Gasteiger partial charge in [0.25, 0.3) is 5.85 Å². The normalized spacial score (nSPS) is 31.5. The molecule has 0 bridgehead atoms. The number of nitrogens with one attached hydrogen (secondary N) is 1. The second-order valence-electron chi connectivity index (χ2n) is 6.92. The van der Waals surface area contributed by atoms with E-state index in [2.05, 4.69) is 10.9 Å². The van der Waals surface area contributed by atoms with E-state index >= 15 is 4.39 Å². The number of hydrogen-bond acceptors (Lipinski definition) is 9. The second-order valence-corrected chi connectivity index (χ2v) is 8.92. The Morgan fingerprint density at radius 3 is 2.94 bits per heavy atom. The minimum Gasteiger partial charge on any atom is -0.404 e. The molecule has 1 aromatic heterocycles. The average Bonchev–Trinajstić information content (AvgIpc) is 2.97. The summed E-state index contributed by atoms with van der Waals surface area (Å²) in [4.78, 5) is 14.4. The van der Waals surface area contributed by atoms with Crippen LogP contribution in [0.25, 0.3) is 0 Å². The molecule has 0 radical (unpaired) electrons. The smallest absolute Gasteiger partial charge is 0.404 e. The highest BCUT2D eigenvalue weighted by Gasteiger charge is 2.57. The number of aromatic amines is 1. The van der Waals surface area contributed by atoms with Gasteiger partial charge in [-0.1, -0.05) is 18.1 Å². The van der Waals surface area contributed by atoms with E-state index < -0.39 is 50.2 Å². The minimum absolute atomic E-state index is 0.00704. The molecule has 14 heteroatoms. The molecule has 2 aliphatic rings. The fraction of sp³-hybridized carbons (Fsp3) is 0.333. The Hall–Kier alpha value is -2.43. The molecule has 1 saturated heterocycles. The van der Waals surface area contributed by atoms with Gasteiger partial charge in [-0.2, -0.15) is 0 Å². The Labute approximate surface area is 183 Å². The van der Waals surface area contributed by atoms with E-state index in [1.165, 1.54) is 6.07 Å². The van der Waals surface area contributed by atoms with Crippen molar-refractivity contribution in [3.63, 3.8) is 0 Å². The van der Waals surface area contributed by atoms with Gasteiger partial charge in [0, 0.05) is 11.8 Å². The summed E-state index contributed by atoms with van der Waals surface area (Å²) < 4.78 is 62.0. The van der Waals surface area contributed by atoms with E-state index in [0.717, 1.165) is 22.9 Å². The average molecular weight is 488 g/mol. The lowest BCUT2D eigenvalue weighted by Crippen LogP contribution is -2.43. The first-order chi connectivity index (χ1) is 15.0. The summed E-state index contributed by atoms with van der Waals surface area (Å²) in [6.45, 7) is -1.54. The van der Waals surface area contributed by atoms with Crippen LogP contribution in [0.3, 0.4) is 0 Å². The van der Waals surface area contributed by atoms with Crippen LogP contribution in [0.5, 0.6) is 5.75 Å². The van der Waals surface area contributed by atoms with Crippen LogP contribution < -0.4 is 10.2 Å². The summed E-state index contributed by atoms with van der Waals surface area (Å²) in [7, 11) is -4.37. The fourth-order valence-electron chi connectivity index (χ4n) is 3.14. The highest BCUT2D eigenvalue weighted by molar-refractivity contribution is 7.71. The second kappa shape index (κ2) is 8.17. The van der Waals surface area contributed by atoms with Gasteiger partial charge in [0.15, 0.2) is 6.23 Å². The van der Waals surface area contributed by atoms with E-state index in [9.17, 15) is 24.0 Å². The summed E-state index contributed by atoms with van der Waals surface area (Å²) in [6.07, 6.45) is 0.479. The molecule has 0 spiro atoms. The third-order valence-corrected chi connectivity index (χ3v) is 6.43. The van der Waals surface area contributed by atoms with E-state index in [1.807, 2.05) is 0 Å². The number of benzene rings is 1. The molecule has 0 aliphatic carbocycles. The summed E-state index contributed by atoms with van der Waals surface area (Å²) in [5.74, 6) is -1.46. The number of phosphoric ester groups is 1. The zero-order chi connectivity index (χ0) is 23.3. The fourth-order valence-corrected chi connectivity index (χ4v) is 4.57. The molecular formula is C18H15F2N2O8PS. The zero-order valence-corrected chi connectivity index (χ0v) is 17.6. The van der Waals surface area contributed by atoms with Crippen LogP contribution in [-0.4, -0.2) is 44.4 Å². The van der Waals surface area contributed by atoms with Gasteiger partial charge >= 0.3 is 13.5 Å². The number of fused-ring (bicyclic) bond motifs is 1. The monoisotopic (exact) mass is 488 g/mol. The maximum absolute atomic E-state index is 15.3. The zero-order valence-electron chi connectivity index (χ0n) is 15.9. The number of H-pyrrole nitrogens is 1. The van der Waals surface area contributed by atoms with E-state index in [1.54, 1.807) is 0 Å². The van der Waals surface area contributed by atoms with Crippen molar-refractivity contribution in [2.75, 3.05) is 6.61 Å². The van der Waals surface area contributed by atoms with Gasteiger partial charge in [-0.3, -0.25) is 18.6 Å². The maximum Gasteiger partial charge on any atom is 0.530 e. The summed E-state index contributed by atoms with van der Waals surface area (Å²) in [6, 6.07) is 3.36. The number of aliphatic hydroxyl groups is 2. The first kappa shape index (κ1) is 22.8. The third kappa shape index (κ3) is 4.02. The standard InChI is InChI=1S/C18H15F2N2O8PS/c1-2-9-6-22(17(25)21-15(9)32)16-13(23)14(24)18(20,29-16)8-28-31(26)27-7-10-5-11(19)3-4-12(10)30-31/h1,3-6,13-14,16,23-24H,7-8H2,(H,21,25,32)/t13-,14+,16-,18-,31?/m1/s1. The number of halogens is 2. The Balaban J connectivity index is 1.53. The molecule has 3 N–H and O–H groups in total. The van der Waals surface area contributed by atoms with E-state index in [-0.39, 0.29) is 28.1 Å². The van der Waals surface area contributed by atoms with E-state index in [0.29, 0.717) is 0 Å². The molecule has 3 heterocycles. The van der Waals surface area contributed by atoms with Crippen LogP contribution in [-0.2, 0) is 25.0 Å². The van der Waals surface area contributed by atoms with Crippen molar-refractivity contribution in [2.24, 2.45) is 0 Å². The molecule has 0 saturated carbocycles. The molecular weight excluding hydrogens is 473 g/mol. The Morgan fingerprint density at radius 1 is 1.47 bits per heavy atom. The van der Waals surface area contributed by atoms with Crippen molar-refractivity contribution in [3.05, 3.63) is 56.5 Å². The Kier molecular flexibility index (Phi) is 5.81. The van der Waals surface area contributed by atoms with Crippen LogP contribution >= 0.6 is 20.0 Å². The van der Waals surface area contributed by atoms with Gasteiger partial charge in [-0.15, -0.1) is 6.42 Å². The molecule has 32 heavy (non-hydrogen) atoms. The lowest BCUT2D eigenvalue weighted by atomic mass is 10.1. The summed E-state index contributed by atoms with van der Waals surface area (Å²) in [5.41, 5.74) is -0.570. The summed E-state index contributed by atoms with van der Waals surface area (Å²) >= 11 is 4.89. The number of hydrogen-bond donors (Lipinski definition) is 3. The quantitative estimate of drug-likeness (QED) is 0.334. The number of aromatic nitrogens is 2. The Bertz CT molecular complexity index is 1280. The molecule has 0 amide bonds. The minimum atomic E-state index is -4.37. The van der Waals surface area contributed by atoms with Crippen molar-refractivity contribution in [3.8, 4) is 18.1 Å². The maximum atomic E-state index is 15.3. The molecule has 2 aliphatic heterocycles. The van der Waals surface area contributed by atoms with E-state index in [4.69, 9.17) is 36.9 Å². The van der Waals surface area contributed by atoms with Crippen LogP contribution in [0.4, 0.5) is 8.78 Å². The molecule has 2 aromatic rings. The molecule has 1 unspecified atom stereocenters. The molecule has 5 atom stereocenters. The van der Waals surface area contributed by atoms with Crippen molar-refractivity contribution >= 4 is 20.0 Å². The molecule has 1 aromatic carbocycles. The van der Waals surface area contributed by atoms with Crippen molar-refractivity contribution in [2.45, 2.75) is 30.9 Å². The van der Waals surface area contributed by atoms with Crippen molar-refractivity contribution in [1.82, 2.24) is 9.55 Å². The molecule has 10 nitrogen and oxygen atoms in total. The van der Waals surface area contributed by atoms with Gasteiger partial charge in [0.1, 0.15) is 35.0 Å². The number of ether oxygens (including phenoxy) is 1. The largest absolute Gasteiger partial charge is 0.530 e. The van der Waals surface area contributed by atoms with Crippen LogP contribution in [0.2, 0.25) is 0 Å². The number of terminal acetylenes is 1.